The second-order valence-electron chi connectivity index (χ2n) is 4.00. The molecule has 1 aromatic rings. The summed E-state index contributed by atoms with van der Waals surface area (Å²) in [6, 6.07) is 3.60. The van der Waals surface area contributed by atoms with Gasteiger partial charge in [-0.25, -0.2) is 4.79 Å². The second kappa shape index (κ2) is 7.09. The zero-order valence-electron chi connectivity index (χ0n) is 11.0. The van der Waals surface area contributed by atoms with Crippen LogP contribution in [0.2, 0.25) is 0 Å². The Kier molecular flexibility index (Phi) is 5.76. The van der Waals surface area contributed by atoms with Crippen LogP contribution >= 0.6 is 0 Å². The lowest BCUT2D eigenvalue weighted by atomic mass is 10.0. The van der Waals surface area contributed by atoms with E-state index in [9.17, 15) is 18.0 Å². The Labute approximate surface area is 115 Å². The molecule has 0 amide bonds. The Bertz CT molecular complexity index is 454. The standard InChI is InChI=1S/C14H16F3NO2/c1-3-9-18-12(13(19)20-4-2)10-5-7-11(8-6-10)14(15,16)17/h3,5-8,12,18H,1,4,9H2,2H3. The first kappa shape index (κ1) is 16.2. The Hall–Kier alpha value is -1.82. The van der Waals surface area contributed by atoms with E-state index in [4.69, 9.17) is 4.74 Å². The average molecular weight is 287 g/mol. The fraction of sp³-hybridized carbons (Fsp3) is 0.357. The molecule has 1 rings (SSSR count). The van der Waals surface area contributed by atoms with E-state index >= 15 is 0 Å². The number of rotatable bonds is 6. The summed E-state index contributed by atoms with van der Waals surface area (Å²) in [5.41, 5.74) is -0.342. The molecular formula is C14H16F3NO2. The minimum atomic E-state index is -4.40. The Morgan fingerprint density at radius 1 is 1.40 bits per heavy atom. The van der Waals surface area contributed by atoms with E-state index in [0.29, 0.717) is 12.1 Å². The van der Waals surface area contributed by atoms with E-state index in [1.807, 2.05) is 0 Å². The van der Waals surface area contributed by atoms with Crippen LogP contribution in [0.15, 0.2) is 36.9 Å². The Morgan fingerprint density at radius 3 is 2.45 bits per heavy atom. The average Bonchev–Trinajstić information content (AvgIpc) is 2.39. The van der Waals surface area contributed by atoms with Crippen molar-refractivity contribution in [3.63, 3.8) is 0 Å². The van der Waals surface area contributed by atoms with Crippen LogP contribution < -0.4 is 5.32 Å². The molecule has 0 aliphatic carbocycles. The number of esters is 1. The molecule has 6 heteroatoms. The highest BCUT2D eigenvalue weighted by molar-refractivity contribution is 5.77. The lowest BCUT2D eigenvalue weighted by molar-refractivity contribution is -0.145. The van der Waals surface area contributed by atoms with Crippen molar-refractivity contribution in [2.24, 2.45) is 0 Å². The number of halogens is 3. The number of nitrogens with one attached hydrogen (secondary N) is 1. The number of ether oxygens (including phenoxy) is 1. The van der Waals surface area contributed by atoms with Crippen molar-refractivity contribution >= 4 is 5.97 Å². The van der Waals surface area contributed by atoms with Crippen LogP contribution in [0.4, 0.5) is 13.2 Å². The molecule has 1 aromatic carbocycles. The number of hydrogen-bond donors (Lipinski definition) is 1. The highest BCUT2D eigenvalue weighted by atomic mass is 19.4. The SMILES string of the molecule is C=CCNC(C(=O)OCC)c1ccc(C(F)(F)F)cc1. The van der Waals surface area contributed by atoms with Gasteiger partial charge in [-0.2, -0.15) is 13.2 Å². The molecule has 1 N–H and O–H groups in total. The van der Waals surface area contributed by atoms with E-state index < -0.39 is 23.8 Å². The Morgan fingerprint density at radius 2 is 2.00 bits per heavy atom. The molecule has 3 nitrogen and oxygen atoms in total. The molecule has 0 aliphatic rings. The van der Waals surface area contributed by atoms with Gasteiger partial charge in [0, 0.05) is 6.54 Å². The van der Waals surface area contributed by atoms with Crippen molar-refractivity contribution in [1.29, 1.82) is 0 Å². The highest BCUT2D eigenvalue weighted by Gasteiger charge is 2.30. The van der Waals surface area contributed by atoms with Crippen molar-refractivity contribution in [2.45, 2.75) is 19.1 Å². The summed E-state index contributed by atoms with van der Waals surface area (Å²) in [7, 11) is 0. The largest absolute Gasteiger partial charge is 0.465 e. The van der Waals surface area contributed by atoms with Crippen LogP contribution in [0.25, 0.3) is 0 Å². The van der Waals surface area contributed by atoms with E-state index in [1.165, 1.54) is 12.1 Å². The molecule has 0 fully saturated rings. The summed E-state index contributed by atoms with van der Waals surface area (Å²) in [5, 5.41) is 2.85. The maximum atomic E-state index is 12.5. The molecule has 0 saturated carbocycles. The Balaban J connectivity index is 2.95. The normalized spacial score (nSPS) is 12.8. The predicted octanol–water partition coefficient (Wildman–Crippen LogP) is 3.09. The van der Waals surface area contributed by atoms with Crippen LogP contribution in [-0.4, -0.2) is 19.1 Å². The van der Waals surface area contributed by atoms with Gasteiger partial charge in [0.25, 0.3) is 0 Å². The van der Waals surface area contributed by atoms with Crippen LogP contribution in [0.1, 0.15) is 24.1 Å². The summed E-state index contributed by atoms with van der Waals surface area (Å²) in [6.07, 6.45) is -2.84. The first-order valence-electron chi connectivity index (χ1n) is 6.08. The summed E-state index contributed by atoms with van der Waals surface area (Å²) < 4.78 is 42.3. The minimum Gasteiger partial charge on any atom is -0.465 e. The number of alkyl halides is 3. The molecular weight excluding hydrogens is 271 g/mol. The number of hydrogen-bond acceptors (Lipinski definition) is 3. The molecule has 0 heterocycles. The van der Waals surface area contributed by atoms with Crippen LogP contribution in [0.5, 0.6) is 0 Å². The highest BCUT2D eigenvalue weighted by Crippen LogP contribution is 2.30. The molecule has 0 spiro atoms. The molecule has 0 aromatic heterocycles. The van der Waals surface area contributed by atoms with Crippen molar-refractivity contribution in [2.75, 3.05) is 13.2 Å². The molecule has 0 radical (unpaired) electrons. The van der Waals surface area contributed by atoms with Gasteiger partial charge >= 0.3 is 12.1 Å². The lowest BCUT2D eigenvalue weighted by Gasteiger charge is -2.17. The topological polar surface area (TPSA) is 38.3 Å². The zero-order chi connectivity index (χ0) is 15.2. The lowest BCUT2D eigenvalue weighted by Crippen LogP contribution is -2.30. The second-order valence-corrected chi connectivity index (χ2v) is 4.00. The molecule has 20 heavy (non-hydrogen) atoms. The van der Waals surface area contributed by atoms with E-state index in [0.717, 1.165) is 12.1 Å². The van der Waals surface area contributed by atoms with E-state index in [2.05, 4.69) is 11.9 Å². The van der Waals surface area contributed by atoms with Gasteiger partial charge in [0.2, 0.25) is 0 Å². The number of carbonyl (C=O) groups excluding carboxylic acids is 1. The first-order valence-corrected chi connectivity index (χ1v) is 6.08. The quantitative estimate of drug-likeness (QED) is 0.645. The number of benzene rings is 1. The maximum absolute atomic E-state index is 12.5. The van der Waals surface area contributed by atoms with Gasteiger partial charge < -0.3 is 4.74 Å². The van der Waals surface area contributed by atoms with Crippen LogP contribution in [0.3, 0.4) is 0 Å². The van der Waals surface area contributed by atoms with Gasteiger partial charge in [0.05, 0.1) is 12.2 Å². The summed E-state index contributed by atoms with van der Waals surface area (Å²) in [4.78, 5) is 11.8. The third kappa shape index (κ3) is 4.38. The van der Waals surface area contributed by atoms with E-state index in [1.54, 1.807) is 13.0 Å². The first-order chi connectivity index (χ1) is 9.40. The predicted molar refractivity (Wildman–Crippen MR) is 69.0 cm³/mol. The van der Waals surface area contributed by atoms with Gasteiger partial charge in [-0.3, -0.25) is 5.32 Å². The molecule has 1 unspecified atom stereocenters. The molecule has 0 aliphatic heterocycles. The van der Waals surface area contributed by atoms with Gasteiger partial charge in [0.1, 0.15) is 6.04 Å². The summed E-state index contributed by atoms with van der Waals surface area (Å²) in [6.45, 7) is 5.71. The summed E-state index contributed by atoms with van der Waals surface area (Å²) >= 11 is 0. The van der Waals surface area contributed by atoms with Crippen LogP contribution in [-0.2, 0) is 15.7 Å². The zero-order valence-corrected chi connectivity index (χ0v) is 11.0. The molecule has 110 valence electrons. The van der Waals surface area contributed by atoms with Crippen LogP contribution in [0, 0.1) is 0 Å². The third-order valence-corrected chi connectivity index (χ3v) is 2.56. The maximum Gasteiger partial charge on any atom is 0.416 e. The smallest absolute Gasteiger partial charge is 0.416 e. The molecule has 1 atom stereocenters. The van der Waals surface area contributed by atoms with Crippen molar-refractivity contribution in [3.05, 3.63) is 48.0 Å². The van der Waals surface area contributed by atoms with Crippen molar-refractivity contribution < 1.29 is 22.7 Å². The minimum absolute atomic E-state index is 0.200. The number of carbonyl (C=O) groups is 1. The van der Waals surface area contributed by atoms with Gasteiger partial charge in [0.15, 0.2) is 0 Å². The fourth-order valence-electron chi connectivity index (χ4n) is 1.63. The van der Waals surface area contributed by atoms with E-state index in [-0.39, 0.29) is 6.61 Å². The summed E-state index contributed by atoms with van der Waals surface area (Å²) in [5.74, 6) is -0.533. The third-order valence-electron chi connectivity index (χ3n) is 2.56. The van der Waals surface area contributed by atoms with Gasteiger partial charge in [-0.1, -0.05) is 18.2 Å². The van der Waals surface area contributed by atoms with Gasteiger partial charge in [-0.05, 0) is 24.6 Å². The molecule has 0 bridgehead atoms. The monoisotopic (exact) mass is 287 g/mol. The fourth-order valence-corrected chi connectivity index (χ4v) is 1.63. The van der Waals surface area contributed by atoms with Gasteiger partial charge in [-0.15, -0.1) is 6.58 Å². The van der Waals surface area contributed by atoms with Crippen molar-refractivity contribution in [1.82, 2.24) is 5.32 Å². The molecule has 0 saturated heterocycles. The van der Waals surface area contributed by atoms with Crippen molar-refractivity contribution in [3.8, 4) is 0 Å².